The molecule has 9 nitrogen and oxygen atoms in total. The number of aliphatic hydroxyl groups excluding tert-OH is 2. The van der Waals surface area contributed by atoms with Gasteiger partial charge in [-0.25, -0.2) is 0 Å². The Kier molecular flexibility index (Phi) is 8.50. The number of nitrogens with one attached hydrogen (secondary N) is 1. The van der Waals surface area contributed by atoms with Gasteiger partial charge >= 0.3 is 0 Å². The van der Waals surface area contributed by atoms with Crippen LogP contribution in [0.4, 0.5) is 0 Å². The van der Waals surface area contributed by atoms with E-state index in [1.54, 1.807) is 6.07 Å². The lowest BCUT2D eigenvalue weighted by molar-refractivity contribution is -0.124. The highest BCUT2D eigenvalue weighted by Gasteiger charge is 2.17. The monoisotopic (exact) mass is 467 g/mol. The molecule has 0 saturated heterocycles. The smallest absolute Gasteiger partial charge is 0.258 e. The van der Waals surface area contributed by atoms with E-state index in [0.717, 1.165) is 35.0 Å². The molecular weight excluding hydrogens is 438 g/mol. The van der Waals surface area contributed by atoms with Crippen molar-refractivity contribution < 1.29 is 29.1 Å². The number of rotatable bonds is 11. The van der Waals surface area contributed by atoms with Gasteiger partial charge in [-0.2, -0.15) is 4.98 Å². The van der Waals surface area contributed by atoms with Crippen LogP contribution in [0.25, 0.3) is 22.8 Å². The Morgan fingerprint density at radius 2 is 1.97 bits per heavy atom. The van der Waals surface area contributed by atoms with Gasteiger partial charge in [0.15, 0.2) is 0 Å². The molecule has 3 rings (SSSR count). The zero-order valence-corrected chi connectivity index (χ0v) is 19.5. The summed E-state index contributed by atoms with van der Waals surface area (Å²) >= 11 is 0. The van der Waals surface area contributed by atoms with Crippen LogP contribution in [0.2, 0.25) is 0 Å². The average molecular weight is 468 g/mol. The summed E-state index contributed by atoms with van der Waals surface area (Å²) in [5.41, 5.74) is 4.75. The second-order valence-corrected chi connectivity index (χ2v) is 7.92. The van der Waals surface area contributed by atoms with Gasteiger partial charge in [0, 0.05) is 23.2 Å². The standard InChI is InChI=1S/C25H29N3O6/c1-4-16-7-17(12-29)9-20(8-16)25-27-24(28-34-25)19-6-15(3)23(18(5-2)10-19)33-14-21(31)11-26-22(32)13-30/h6-10,12,21,30-31H,4-5,11,13-14H2,1-3H3,(H,26,32). The summed E-state index contributed by atoms with van der Waals surface area (Å²) in [5, 5.41) is 25.3. The number of nitrogens with zero attached hydrogens (tertiary/aromatic N) is 2. The van der Waals surface area contributed by atoms with Gasteiger partial charge in [0.05, 0.1) is 0 Å². The lowest BCUT2D eigenvalue weighted by Gasteiger charge is -2.17. The maximum atomic E-state index is 11.3. The topological polar surface area (TPSA) is 135 Å². The van der Waals surface area contributed by atoms with E-state index in [1.807, 2.05) is 45.0 Å². The van der Waals surface area contributed by atoms with E-state index >= 15 is 0 Å². The second-order valence-electron chi connectivity index (χ2n) is 7.92. The predicted octanol–water partition coefficient (Wildman–Crippen LogP) is 2.50. The fourth-order valence-electron chi connectivity index (χ4n) is 3.54. The predicted molar refractivity (Wildman–Crippen MR) is 126 cm³/mol. The molecule has 0 fully saturated rings. The normalized spacial score (nSPS) is 11.8. The number of ether oxygens (including phenoxy) is 1. The summed E-state index contributed by atoms with van der Waals surface area (Å²) in [4.78, 5) is 26.9. The first-order valence-corrected chi connectivity index (χ1v) is 11.1. The van der Waals surface area contributed by atoms with Crippen molar-refractivity contribution in [1.82, 2.24) is 15.5 Å². The summed E-state index contributed by atoms with van der Waals surface area (Å²) < 4.78 is 11.3. The molecule has 34 heavy (non-hydrogen) atoms. The van der Waals surface area contributed by atoms with Crippen LogP contribution in [-0.4, -0.2) is 58.4 Å². The minimum Gasteiger partial charge on any atom is -0.490 e. The van der Waals surface area contributed by atoms with Crippen LogP contribution in [0.1, 0.15) is 40.9 Å². The fraction of sp³-hybridized carbons (Fsp3) is 0.360. The van der Waals surface area contributed by atoms with E-state index in [2.05, 4.69) is 15.5 Å². The molecule has 0 aliphatic rings. The third kappa shape index (κ3) is 6.06. The van der Waals surface area contributed by atoms with Gasteiger partial charge in [0.25, 0.3) is 5.89 Å². The maximum Gasteiger partial charge on any atom is 0.258 e. The van der Waals surface area contributed by atoms with Crippen molar-refractivity contribution in [3.05, 3.63) is 52.6 Å². The summed E-state index contributed by atoms with van der Waals surface area (Å²) in [6, 6.07) is 9.27. The Balaban J connectivity index is 1.80. The fourth-order valence-corrected chi connectivity index (χ4v) is 3.54. The van der Waals surface area contributed by atoms with Gasteiger partial charge in [0.1, 0.15) is 31.4 Å². The number of carbonyl (C=O) groups is 2. The van der Waals surface area contributed by atoms with Crippen LogP contribution < -0.4 is 10.1 Å². The maximum absolute atomic E-state index is 11.3. The molecule has 0 aliphatic carbocycles. The number of aldehydes is 1. The van der Waals surface area contributed by atoms with Crippen LogP contribution in [0, 0.1) is 6.92 Å². The quantitative estimate of drug-likeness (QED) is 0.366. The third-order valence-electron chi connectivity index (χ3n) is 5.32. The Bertz CT molecular complexity index is 1160. The van der Waals surface area contributed by atoms with Crippen molar-refractivity contribution in [1.29, 1.82) is 0 Å². The number of hydrogen-bond donors (Lipinski definition) is 3. The molecule has 1 unspecified atom stereocenters. The summed E-state index contributed by atoms with van der Waals surface area (Å²) in [7, 11) is 0. The van der Waals surface area contributed by atoms with Gasteiger partial charge in [-0.3, -0.25) is 9.59 Å². The SMILES string of the molecule is CCc1cc(C=O)cc(-c2nc(-c3cc(C)c(OCC(O)CNC(=O)CO)c(CC)c3)no2)c1. The van der Waals surface area contributed by atoms with Crippen molar-refractivity contribution in [2.45, 2.75) is 39.7 Å². The zero-order chi connectivity index (χ0) is 24.7. The minimum absolute atomic E-state index is 0.0158. The van der Waals surface area contributed by atoms with Gasteiger partial charge in [0.2, 0.25) is 11.7 Å². The molecule has 0 saturated carbocycles. The lowest BCUT2D eigenvalue weighted by Crippen LogP contribution is -2.36. The molecule has 0 radical (unpaired) electrons. The molecular formula is C25H29N3O6. The number of carbonyl (C=O) groups excluding carboxylic acids is 2. The van der Waals surface area contributed by atoms with Gasteiger partial charge in [-0.1, -0.05) is 19.0 Å². The first-order valence-electron chi connectivity index (χ1n) is 11.1. The minimum atomic E-state index is -0.922. The van der Waals surface area contributed by atoms with E-state index in [-0.39, 0.29) is 13.2 Å². The molecule has 0 bridgehead atoms. The number of benzene rings is 2. The van der Waals surface area contributed by atoms with Gasteiger partial charge < -0.3 is 24.8 Å². The lowest BCUT2D eigenvalue weighted by atomic mass is 10.0. The Hall–Kier alpha value is -3.56. The molecule has 1 atom stereocenters. The van der Waals surface area contributed by atoms with E-state index in [9.17, 15) is 14.7 Å². The Labute approximate surface area is 197 Å². The Morgan fingerprint density at radius 3 is 2.65 bits per heavy atom. The van der Waals surface area contributed by atoms with Crippen molar-refractivity contribution in [2.75, 3.05) is 19.8 Å². The average Bonchev–Trinajstić information content (AvgIpc) is 3.36. The van der Waals surface area contributed by atoms with E-state index in [1.165, 1.54) is 0 Å². The number of amides is 1. The Morgan fingerprint density at radius 1 is 1.18 bits per heavy atom. The highest BCUT2D eigenvalue weighted by Crippen LogP contribution is 2.31. The number of aryl methyl sites for hydroxylation is 3. The van der Waals surface area contributed by atoms with Crippen molar-refractivity contribution in [2.24, 2.45) is 0 Å². The molecule has 9 heteroatoms. The van der Waals surface area contributed by atoms with Crippen LogP contribution in [0.5, 0.6) is 5.75 Å². The van der Waals surface area contributed by atoms with E-state index in [4.69, 9.17) is 14.4 Å². The van der Waals surface area contributed by atoms with Crippen molar-refractivity contribution in [3.8, 4) is 28.6 Å². The van der Waals surface area contributed by atoms with Crippen molar-refractivity contribution in [3.63, 3.8) is 0 Å². The van der Waals surface area contributed by atoms with E-state index < -0.39 is 18.6 Å². The molecule has 1 aromatic heterocycles. The number of aromatic nitrogens is 2. The first kappa shape index (κ1) is 25.1. The van der Waals surface area contributed by atoms with Crippen LogP contribution in [0.15, 0.2) is 34.9 Å². The first-order chi connectivity index (χ1) is 16.4. The number of aliphatic hydroxyl groups is 2. The molecule has 2 aromatic carbocycles. The van der Waals surface area contributed by atoms with E-state index in [0.29, 0.717) is 35.0 Å². The highest BCUT2D eigenvalue weighted by molar-refractivity contribution is 5.78. The highest BCUT2D eigenvalue weighted by atomic mass is 16.5. The molecule has 1 heterocycles. The summed E-state index contributed by atoms with van der Waals surface area (Å²) in [6.07, 6.45) is 1.33. The molecule has 3 N–H and O–H groups in total. The molecule has 1 amide bonds. The molecule has 0 aliphatic heterocycles. The van der Waals surface area contributed by atoms with Gasteiger partial charge in [-0.15, -0.1) is 0 Å². The van der Waals surface area contributed by atoms with Gasteiger partial charge in [-0.05, 0) is 66.8 Å². The van der Waals surface area contributed by atoms with Crippen LogP contribution in [0.3, 0.4) is 0 Å². The van der Waals surface area contributed by atoms with Crippen LogP contribution in [-0.2, 0) is 17.6 Å². The largest absolute Gasteiger partial charge is 0.490 e. The molecule has 0 spiro atoms. The zero-order valence-electron chi connectivity index (χ0n) is 19.5. The van der Waals surface area contributed by atoms with Crippen molar-refractivity contribution >= 4 is 12.2 Å². The molecule has 180 valence electrons. The molecule has 3 aromatic rings. The number of hydrogen-bond acceptors (Lipinski definition) is 8. The second kappa shape index (κ2) is 11.5. The van der Waals surface area contributed by atoms with Crippen LogP contribution >= 0.6 is 0 Å². The third-order valence-corrected chi connectivity index (χ3v) is 5.32. The summed E-state index contributed by atoms with van der Waals surface area (Å²) in [5.74, 6) is 0.837. The summed E-state index contributed by atoms with van der Waals surface area (Å²) in [6.45, 7) is 5.22.